The summed E-state index contributed by atoms with van der Waals surface area (Å²) in [5.41, 5.74) is 1.19. The summed E-state index contributed by atoms with van der Waals surface area (Å²) >= 11 is 1.85. The number of para-hydroxylation sites is 1. The van der Waals surface area contributed by atoms with Crippen molar-refractivity contribution in [2.24, 2.45) is 0 Å². The molecular weight excluding hydrogens is 222 g/mol. The molecule has 0 bridgehead atoms. The van der Waals surface area contributed by atoms with Gasteiger partial charge in [-0.05, 0) is 12.1 Å². The molecule has 86 valence electrons. The summed E-state index contributed by atoms with van der Waals surface area (Å²) in [7, 11) is 0. The second-order valence-corrected chi connectivity index (χ2v) is 4.84. The highest BCUT2D eigenvalue weighted by Crippen LogP contribution is 2.33. The number of anilines is 1. The second-order valence-electron chi connectivity index (χ2n) is 3.78. The van der Waals surface area contributed by atoms with Crippen LogP contribution in [0.4, 0.5) is 5.69 Å². The van der Waals surface area contributed by atoms with Gasteiger partial charge in [0.2, 0.25) is 0 Å². The Bertz CT molecular complexity index is 381. The van der Waals surface area contributed by atoms with Crippen LogP contribution in [0.5, 0.6) is 0 Å². The van der Waals surface area contributed by atoms with Crippen LogP contribution in [0.25, 0.3) is 0 Å². The molecule has 0 amide bonds. The maximum absolute atomic E-state index is 10.6. The number of hydrogen-bond acceptors (Lipinski definition) is 4. The lowest BCUT2D eigenvalue weighted by atomic mass is 10.2. The third-order valence-electron chi connectivity index (χ3n) is 2.46. The molecule has 0 radical (unpaired) electrons. The Morgan fingerprint density at radius 1 is 1.56 bits per heavy atom. The van der Waals surface area contributed by atoms with E-state index in [1.807, 2.05) is 23.9 Å². The van der Waals surface area contributed by atoms with E-state index in [9.17, 15) is 4.79 Å². The van der Waals surface area contributed by atoms with Crippen LogP contribution in [-0.2, 0) is 9.53 Å². The van der Waals surface area contributed by atoms with Gasteiger partial charge in [0, 0.05) is 35.7 Å². The van der Waals surface area contributed by atoms with Gasteiger partial charge in [-0.3, -0.25) is 4.79 Å². The summed E-state index contributed by atoms with van der Waals surface area (Å²) in [6, 6.07) is 8.67. The monoisotopic (exact) mass is 237 g/mol. The Morgan fingerprint density at radius 2 is 2.38 bits per heavy atom. The van der Waals surface area contributed by atoms with Crippen molar-refractivity contribution in [2.45, 2.75) is 24.3 Å². The molecule has 1 aromatic rings. The van der Waals surface area contributed by atoms with E-state index < -0.39 is 0 Å². The van der Waals surface area contributed by atoms with Crippen LogP contribution in [0.3, 0.4) is 0 Å². The average molecular weight is 237 g/mol. The van der Waals surface area contributed by atoms with Crippen molar-refractivity contribution >= 4 is 23.4 Å². The fourth-order valence-corrected chi connectivity index (χ4v) is 2.75. The Labute approximate surface area is 99.6 Å². The average Bonchev–Trinajstić information content (AvgIpc) is 2.28. The molecule has 0 aliphatic carbocycles. The Hall–Kier alpha value is -1.16. The Morgan fingerprint density at radius 3 is 3.19 bits per heavy atom. The van der Waals surface area contributed by atoms with E-state index in [4.69, 9.17) is 4.74 Å². The lowest BCUT2D eigenvalue weighted by molar-refractivity contribution is -0.141. The molecule has 0 spiro atoms. The van der Waals surface area contributed by atoms with Gasteiger partial charge in [0.05, 0.1) is 6.61 Å². The molecule has 3 nitrogen and oxygen atoms in total. The molecule has 1 unspecified atom stereocenters. The Balaban J connectivity index is 1.86. The summed E-state index contributed by atoms with van der Waals surface area (Å²) in [5, 5.41) is 3.46. The van der Waals surface area contributed by atoms with Crippen LogP contribution in [0.2, 0.25) is 0 Å². The number of rotatable bonds is 3. The molecule has 1 atom stereocenters. The van der Waals surface area contributed by atoms with Crippen LogP contribution in [-0.4, -0.2) is 24.4 Å². The zero-order valence-electron chi connectivity index (χ0n) is 9.23. The van der Waals surface area contributed by atoms with E-state index >= 15 is 0 Å². The van der Waals surface area contributed by atoms with E-state index in [-0.39, 0.29) is 5.97 Å². The number of hydrogen-bond donors (Lipinski definition) is 1. The number of benzene rings is 1. The lowest BCUT2D eigenvalue weighted by Crippen LogP contribution is -2.27. The van der Waals surface area contributed by atoms with Crippen molar-refractivity contribution in [3.05, 3.63) is 24.3 Å². The lowest BCUT2D eigenvalue weighted by Gasteiger charge is -2.26. The van der Waals surface area contributed by atoms with Gasteiger partial charge in [-0.2, -0.15) is 0 Å². The van der Waals surface area contributed by atoms with E-state index in [0.29, 0.717) is 12.6 Å². The van der Waals surface area contributed by atoms with E-state index in [0.717, 1.165) is 12.2 Å². The minimum Gasteiger partial charge on any atom is -0.466 e. The molecule has 0 saturated carbocycles. The fourth-order valence-electron chi connectivity index (χ4n) is 1.66. The number of nitrogens with one attached hydrogen (secondary N) is 1. The van der Waals surface area contributed by atoms with E-state index in [1.54, 1.807) is 0 Å². The zero-order chi connectivity index (χ0) is 11.4. The molecule has 0 saturated heterocycles. The van der Waals surface area contributed by atoms with E-state index in [2.05, 4.69) is 17.4 Å². The molecule has 0 fully saturated rings. The van der Waals surface area contributed by atoms with Crippen LogP contribution >= 0.6 is 11.8 Å². The summed E-state index contributed by atoms with van der Waals surface area (Å²) in [4.78, 5) is 11.9. The highest BCUT2D eigenvalue weighted by atomic mass is 32.2. The maximum atomic E-state index is 10.6. The number of carbonyl (C=O) groups excluding carboxylic acids is 1. The molecule has 4 heteroatoms. The van der Waals surface area contributed by atoms with Crippen molar-refractivity contribution < 1.29 is 9.53 Å². The molecule has 1 N–H and O–H groups in total. The number of esters is 1. The maximum Gasteiger partial charge on any atom is 0.302 e. The molecule has 2 rings (SSSR count). The first-order valence-electron chi connectivity index (χ1n) is 5.37. The van der Waals surface area contributed by atoms with Gasteiger partial charge in [0.15, 0.2) is 0 Å². The predicted octanol–water partition coefficient (Wildman–Crippen LogP) is 2.53. The molecule has 1 aromatic carbocycles. The van der Waals surface area contributed by atoms with Gasteiger partial charge in [0.25, 0.3) is 0 Å². The van der Waals surface area contributed by atoms with Gasteiger partial charge in [-0.15, -0.1) is 11.8 Å². The molecule has 1 heterocycles. The standard InChI is InChI=1S/C12H15NO2S/c1-9(14)15-7-6-10-8-16-12-5-3-2-4-11(12)13-10/h2-5,10,13H,6-8H2,1H3. The summed E-state index contributed by atoms with van der Waals surface area (Å²) in [5.74, 6) is 0.821. The normalized spacial score (nSPS) is 18.4. The Kier molecular flexibility index (Phi) is 3.72. The number of thioether (sulfide) groups is 1. The van der Waals surface area contributed by atoms with Gasteiger partial charge >= 0.3 is 5.97 Å². The molecule has 0 aromatic heterocycles. The van der Waals surface area contributed by atoms with Crippen molar-refractivity contribution in [1.82, 2.24) is 0 Å². The van der Waals surface area contributed by atoms with E-state index in [1.165, 1.54) is 17.5 Å². The van der Waals surface area contributed by atoms with Crippen molar-refractivity contribution in [3.63, 3.8) is 0 Å². The van der Waals surface area contributed by atoms with Crippen LogP contribution in [0, 0.1) is 0 Å². The number of carbonyl (C=O) groups is 1. The predicted molar refractivity (Wildman–Crippen MR) is 65.8 cm³/mol. The minimum atomic E-state index is -0.205. The minimum absolute atomic E-state index is 0.205. The third kappa shape index (κ3) is 2.92. The highest BCUT2D eigenvalue weighted by molar-refractivity contribution is 7.99. The summed E-state index contributed by atoms with van der Waals surface area (Å²) in [6.45, 7) is 1.94. The summed E-state index contributed by atoms with van der Waals surface area (Å²) < 4.78 is 4.94. The van der Waals surface area contributed by atoms with Crippen molar-refractivity contribution in [3.8, 4) is 0 Å². The van der Waals surface area contributed by atoms with Crippen LogP contribution in [0.15, 0.2) is 29.2 Å². The largest absolute Gasteiger partial charge is 0.466 e. The van der Waals surface area contributed by atoms with Gasteiger partial charge in [-0.1, -0.05) is 12.1 Å². The SMILES string of the molecule is CC(=O)OCCC1CSc2ccccc2N1. The molecule has 16 heavy (non-hydrogen) atoms. The van der Waals surface area contributed by atoms with Gasteiger partial charge in [-0.25, -0.2) is 0 Å². The quantitative estimate of drug-likeness (QED) is 0.820. The molecule has 1 aliphatic heterocycles. The first-order chi connectivity index (χ1) is 7.75. The first kappa shape index (κ1) is 11.3. The van der Waals surface area contributed by atoms with Crippen LogP contribution in [0.1, 0.15) is 13.3 Å². The summed E-state index contributed by atoms with van der Waals surface area (Å²) in [6.07, 6.45) is 0.862. The molecular formula is C12H15NO2S. The second kappa shape index (κ2) is 5.25. The topological polar surface area (TPSA) is 38.3 Å². The van der Waals surface area contributed by atoms with Crippen molar-refractivity contribution in [1.29, 1.82) is 0 Å². The number of ether oxygens (including phenoxy) is 1. The number of fused-ring (bicyclic) bond motifs is 1. The first-order valence-corrected chi connectivity index (χ1v) is 6.36. The fraction of sp³-hybridized carbons (Fsp3) is 0.417. The third-order valence-corrected chi connectivity index (χ3v) is 3.69. The zero-order valence-corrected chi connectivity index (χ0v) is 10.0. The van der Waals surface area contributed by atoms with Gasteiger partial charge < -0.3 is 10.1 Å². The highest BCUT2D eigenvalue weighted by Gasteiger charge is 2.17. The van der Waals surface area contributed by atoms with Crippen molar-refractivity contribution in [2.75, 3.05) is 17.7 Å². The van der Waals surface area contributed by atoms with Gasteiger partial charge in [0.1, 0.15) is 0 Å². The molecule has 1 aliphatic rings. The van der Waals surface area contributed by atoms with Crippen LogP contribution < -0.4 is 5.32 Å². The smallest absolute Gasteiger partial charge is 0.302 e.